The highest BCUT2D eigenvalue weighted by atomic mass is 32.2. The van der Waals surface area contributed by atoms with Crippen LogP contribution >= 0.6 is 11.3 Å². The van der Waals surface area contributed by atoms with Gasteiger partial charge in [0.25, 0.3) is 10.0 Å². The molecule has 1 atom stereocenters. The van der Waals surface area contributed by atoms with Crippen LogP contribution in [-0.2, 0) is 10.0 Å². The Kier molecular flexibility index (Phi) is 3.98. The summed E-state index contributed by atoms with van der Waals surface area (Å²) in [6, 6.07) is 5.56. The molecule has 2 heterocycles. The van der Waals surface area contributed by atoms with Crippen LogP contribution < -0.4 is 4.72 Å². The molecule has 0 amide bonds. The van der Waals surface area contributed by atoms with E-state index in [1.54, 1.807) is 6.92 Å². The van der Waals surface area contributed by atoms with E-state index in [1.165, 1.54) is 11.3 Å². The maximum atomic E-state index is 12.1. The lowest BCUT2D eigenvalue weighted by atomic mass is 10.3. The van der Waals surface area contributed by atoms with Gasteiger partial charge in [0.05, 0.1) is 6.04 Å². The fourth-order valence-corrected chi connectivity index (χ4v) is 3.72. The van der Waals surface area contributed by atoms with Crippen molar-refractivity contribution in [3.63, 3.8) is 0 Å². The van der Waals surface area contributed by atoms with Gasteiger partial charge in [0.2, 0.25) is 10.9 Å². The lowest BCUT2D eigenvalue weighted by Gasteiger charge is -2.10. The summed E-state index contributed by atoms with van der Waals surface area (Å²) in [7, 11) is -3.88. The van der Waals surface area contributed by atoms with Gasteiger partial charge < -0.3 is 9.52 Å². The molecule has 0 radical (unpaired) electrons. The molecule has 20 heavy (non-hydrogen) atoms. The third kappa shape index (κ3) is 3.09. The lowest BCUT2D eigenvalue weighted by molar-refractivity contribution is 0.0656. The zero-order valence-corrected chi connectivity index (χ0v) is 12.4. The number of thiophene rings is 1. The predicted molar refractivity (Wildman–Crippen MR) is 73.5 cm³/mol. The summed E-state index contributed by atoms with van der Waals surface area (Å²) in [5.41, 5.74) is 0. The summed E-state index contributed by atoms with van der Waals surface area (Å²) < 4.78 is 31.4. The van der Waals surface area contributed by atoms with Crippen LogP contribution in [0.1, 0.15) is 33.3 Å². The molecular weight excluding hydrogens is 302 g/mol. The Hall–Kier alpha value is -1.64. The number of carbonyl (C=O) groups is 1. The second-order valence-electron chi connectivity index (χ2n) is 4.22. The molecule has 0 aliphatic carbocycles. The quantitative estimate of drug-likeness (QED) is 0.883. The van der Waals surface area contributed by atoms with Crippen molar-refractivity contribution in [3.05, 3.63) is 39.8 Å². The van der Waals surface area contributed by atoms with Crippen LogP contribution in [0.25, 0.3) is 0 Å². The molecule has 0 fully saturated rings. The summed E-state index contributed by atoms with van der Waals surface area (Å²) in [4.78, 5) is 12.6. The molecule has 0 aromatic carbocycles. The SMILES string of the molecule is Cc1ccc(C(C)NS(=O)(=O)c2ccc(C(=O)O)o2)s1. The van der Waals surface area contributed by atoms with Crippen molar-refractivity contribution in [2.75, 3.05) is 0 Å². The molecule has 0 aliphatic rings. The number of furan rings is 1. The van der Waals surface area contributed by atoms with E-state index in [-0.39, 0.29) is 0 Å². The fraction of sp³-hybridized carbons (Fsp3) is 0.250. The van der Waals surface area contributed by atoms with Crippen molar-refractivity contribution in [1.82, 2.24) is 4.72 Å². The number of rotatable bonds is 5. The van der Waals surface area contributed by atoms with Gasteiger partial charge in [0.15, 0.2) is 0 Å². The Morgan fingerprint density at radius 2 is 2.05 bits per heavy atom. The van der Waals surface area contributed by atoms with E-state index >= 15 is 0 Å². The molecule has 2 rings (SSSR count). The molecule has 0 spiro atoms. The number of hydrogen-bond acceptors (Lipinski definition) is 5. The molecule has 108 valence electrons. The van der Waals surface area contributed by atoms with E-state index in [2.05, 4.69) is 4.72 Å². The summed E-state index contributed by atoms with van der Waals surface area (Å²) in [6.07, 6.45) is 0. The first-order valence-corrected chi connectivity index (χ1v) is 8.01. The molecule has 8 heteroatoms. The van der Waals surface area contributed by atoms with Crippen LogP contribution in [0.3, 0.4) is 0 Å². The van der Waals surface area contributed by atoms with Crippen molar-refractivity contribution in [2.24, 2.45) is 0 Å². The van der Waals surface area contributed by atoms with E-state index in [4.69, 9.17) is 9.52 Å². The third-order valence-electron chi connectivity index (χ3n) is 2.58. The minimum atomic E-state index is -3.88. The fourth-order valence-electron chi connectivity index (χ4n) is 1.61. The second-order valence-corrected chi connectivity index (χ2v) is 7.18. The zero-order valence-electron chi connectivity index (χ0n) is 10.8. The van der Waals surface area contributed by atoms with Crippen molar-refractivity contribution < 1.29 is 22.7 Å². The summed E-state index contributed by atoms with van der Waals surface area (Å²) in [5.74, 6) is -1.72. The van der Waals surface area contributed by atoms with E-state index in [9.17, 15) is 13.2 Å². The topological polar surface area (TPSA) is 96.6 Å². The highest BCUT2D eigenvalue weighted by Crippen LogP contribution is 2.24. The maximum Gasteiger partial charge on any atom is 0.371 e. The number of aryl methyl sites for hydroxylation is 1. The number of aromatic carboxylic acids is 1. The zero-order chi connectivity index (χ0) is 14.9. The van der Waals surface area contributed by atoms with Crippen LogP contribution in [0, 0.1) is 6.92 Å². The number of nitrogens with one attached hydrogen (secondary N) is 1. The Balaban J connectivity index is 2.20. The normalized spacial score (nSPS) is 13.3. The number of carboxylic acids is 1. The molecule has 1 unspecified atom stereocenters. The third-order valence-corrected chi connectivity index (χ3v) is 5.17. The van der Waals surface area contributed by atoms with Gasteiger partial charge in [-0.3, -0.25) is 0 Å². The number of sulfonamides is 1. The first-order valence-electron chi connectivity index (χ1n) is 5.71. The van der Waals surface area contributed by atoms with Gasteiger partial charge in [-0.15, -0.1) is 11.3 Å². The summed E-state index contributed by atoms with van der Waals surface area (Å²) in [6.45, 7) is 3.64. The smallest absolute Gasteiger partial charge is 0.371 e. The van der Waals surface area contributed by atoms with Crippen molar-refractivity contribution in [3.8, 4) is 0 Å². The van der Waals surface area contributed by atoms with Crippen LogP contribution in [0.5, 0.6) is 0 Å². The first-order chi connectivity index (χ1) is 9.29. The van der Waals surface area contributed by atoms with Gasteiger partial charge >= 0.3 is 5.97 Å². The van der Waals surface area contributed by atoms with Crippen molar-refractivity contribution in [2.45, 2.75) is 25.0 Å². The van der Waals surface area contributed by atoms with Gasteiger partial charge in [-0.05, 0) is 38.1 Å². The van der Waals surface area contributed by atoms with Crippen LogP contribution in [0.4, 0.5) is 0 Å². The Morgan fingerprint density at radius 1 is 1.35 bits per heavy atom. The molecule has 2 aromatic rings. The Morgan fingerprint density at radius 3 is 2.55 bits per heavy atom. The van der Waals surface area contributed by atoms with E-state index in [1.807, 2.05) is 19.1 Å². The van der Waals surface area contributed by atoms with Crippen LogP contribution in [0.2, 0.25) is 0 Å². The van der Waals surface area contributed by atoms with Crippen molar-refractivity contribution in [1.29, 1.82) is 0 Å². The minimum absolute atomic E-state index is 0.407. The van der Waals surface area contributed by atoms with Gasteiger partial charge in [-0.25, -0.2) is 17.9 Å². The minimum Gasteiger partial charge on any atom is -0.475 e. The maximum absolute atomic E-state index is 12.1. The predicted octanol–water partition coefficient (Wildman–Crippen LogP) is 2.39. The summed E-state index contributed by atoms with van der Waals surface area (Å²) in [5, 5.41) is 8.31. The molecular formula is C12H13NO5S2. The van der Waals surface area contributed by atoms with Gasteiger partial charge in [-0.1, -0.05) is 0 Å². The average molecular weight is 315 g/mol. The largest absolute Gasteiger partial charge is 0.475 e. The number of carboxylic acid groups (broad SMARTS) is 1. The van der Waals surface area contributed by atoms with Gasteiger partial charge in [0, 0.05) is 9.75 Å². The van der Waals surface area contributed by atoms with Gasteiger partial charge in [0.1, 0.15) is 0 Å². The lowest BCUT2D eigenvalue weighted by Crippen LogP contribution is -2.26. The highest BCUT2D eigenvalue weighted by Gasteiger charge is 2.24. The van der Waals surface area contributed by atoms with E-state index in [0.717, 1.165) is 21.9 Å². The molecule has 2 aromatic heterocycles. The highest BCUT2D eigenvalue weighted by molar-refractivity contribution is 7.89. The van der Waals surface area contributed by atoms with E-state index < -0.39 is 32.9 Å². The first kappa shape index (κ1) is 14.8. The van der Waals surface area contributed by atoms with Crippen LogP contribution in [0.15, 0.2) is 33.8 Å². The monoisotopic (exact) mass is 315 g/mol. The molecule has 0 saturated heterocycles. The molecule has 2 N–H and O–H groups in total. The molecule has 0 aliphatic heterocycles. The average Bonchev–Trinajstić information content (AvgIpc) is 2.96. The van der Waals surface area contributed by atoms with Gasteiger partial charge in [-0.2, -0.15) is 0 Å². The number of hydrogen-bond donors (Lipinski definition) is 2. The van der Waals surface area contributed by atoms with Crippen molar-refractivity contribution >= 4 is 27.3 Å². The molecule has 6 nitrogen and oxygen atoms in total. The van der Waals surface area contributed by atoms with E-state index in [0.29, 0.717) is 0 Å². The summed E-state index contributed by atoms with van der Waals surface area (Å²) >= 11 is 1.49. The standard InChI is InChI=1S/C12H13NO5S2/c1-7-3-5-10(19-7)8(2)13-20(16,17)11-6-4-9(18-11)12(14)15/h3-6,8,13H,1-2H3,(H,14,15). The van der Waals surface area contributed by atoms with Crippen LogP contribution in [-0.4, -0.2) is 19.5 Å². The second kappa shape index (κ2) is 5.39. The Bertz CT molecular complexity index is 729. The Labute approximate surface area is 120 Å². The molecule has 0 saturated carbocycles. The molecule has 0 bridgehead atoms.